The molecule has 0 aliphatic carbocycles. The molecule has 2 saturated heterocycles. The SMILES string of the molecule is COCCNC(=O)CN1CN(c2ccccc2)C2(CCN(C(=O)COc3ccccc3)CC2)C1=O. The zero-order valence-electron chi connectivity index (χ0n) is 20.0. The van der Waals surface area contributed by atoms with Gasteiger partial charge in [0.05, 0.1) is 13.3 Å². The molecule has 0 radical (unpaired) electrons. The summed E-state index contributed by atoms with van der Waals surface area (Å²) in [6, 6.07) is 19.0. The molecule has 1 N–H and O–H groups in total. The lowest BCUT2D eigenvalue weighted by Crippen LogP contribution is -2.58. The Morgan fingerprint density at radius 1 is 1.00 bits per heavy atom. The molecule has 9 nitrogen and oxygen atoms in total. The van der Waals surface area contributed by atoms with E-state index in [9.17, 15) is 14.4 Å². The first kappa shape index (κ1) is 24.5. The molecular formula is C26H32N4O5. The maximum absolute atomic E-state index is 13.7. The van der Waals surface area contributed by atoms with Crippen molar-refractivity contribution in [1.29, 1.82) is 0 Å². The van der Waals surface area contributed by atoms with Crippen molar-refractivity contribution in [3.05, 3.63) is 60.7 Å². The van der Waals surface area contributed by atoms with Crippen LogP contribution >= 0.6 is 0 Å². The molecule has 0 aromatic heterocycles. The Balaban J connectivity index is 1.43. The zero-order chi connectivity index (χ0) is 24.7. The fraction of sp³-hybridized carbons (Fsp3) is 0.423. The first-order chi connectivity index (χ1) is 17.0. The third-order valence-electron chi connectivity index (χ3n) is 6.59. The molecule has 2 aliphatic heterocycles. The van der Waals surface area contributed by atoms with Crippen LogP contribution < -0.4 is 15.0 Å². The van der Waals surface area contributed by atoms with E-state index >= 15 is 0 Å². The lowest BCUT2D eigenvalue weighted by atomic mass is 9.85. The third-order valence-corrected chi connectivity index (χ3v) is 6.59. The summed E-state index contributed by atoms with van der Waals surface area (Å²) in [6.45, 7) is 1.97. The van der Waals surface area contributed by atoms with Gasteiger partial charge in [0.15, 0.2) is 6.61 Å². The van der Waals surface area contributed by atoms with Crippen molar-refractivity contribution in [2.24, 2.45) is 0 Å². The van der Waals surface area contributed by atoms with Crippen LogP contribution in [0.3, 0.4) is 0 Å². The summed E-state index contributed by atoms with van der Waals surface area (Å²) in [5.41, 5.74) is 0.140. The Morgan fingerprint density at radius 2 is 1.66 bits per heavy atom. The summed E-state index contributed by atoms with van der Waals surface area (Å²) in [5.74, 6) is 0.256. The maximum Gasteiger partial charge on any atom is 0.260 e. The number of likely N-dealkylation sites (tertiary alicyclic amines) is 1. The van der Waals surface area contributed by atoms with Gasteiger partial charge in [-0.3, -0.25) is 14.4 Å². The van der Waals surface area contributed by atoms with Crippen molar-refractivity contribution in [2.75, 3.05) is 58.1 Å². The van der Waals surface area contributed by atoms with E-state index in [4.69, 9.17) is 9.47 Å². The highest BCUT2D eigenvalue weighted by atomic mass is 16.5. The average molecular weight is 481 g/mol. The van der Waals surface area contributed by atoms with Crippen LogP contribution in [-0.4, -0.2) is 86.2 Å². The number of methoxy groups -OCH3 is 1. The number of piperidine rings is 1. The quantitative estimate of drug-likeness (QED) is 0.547. The summed E-state index contributed by atoms with van der Waals surface area (Å²) in [4.78, 5) is 44.3. The van der Waals surface area contributed by atoms with Crippen LogP contribution in [0.5, 0.6) is 5.75 Å². The standard InChI is InChI=1S/C26H32N4O5/c1-34-17-14-27-23(31)18-29-20-30(21-8-4-2-5-9-21)26(25(29)33)12-15-28(16-13-26)24(32)19-35-22-10-6-3-7-11-22/h2-11H,12-20H2,1H3,(H,27,31). The lowest BCUT2D eigenvalue weighted by molar-refractivity contribution is -0.140. The molecule has 2 heterocycles. The highest BCUT2D eigenvalue weighted by Gasteiger charge is 2.54. The van der Waals surface area contributed by atoms with Gasteiger partial charge >= 0.3 is 0 Å². The Morgan fingerprint density at radius 3 is 2.31 bits per heavy atom. The molecule has 0 bridgehead atoms. The summed E-state index contributed by atoms with van der Waals surface area (Å²) in [7, 11) is 1.57. The number of amides is 3. The third kappa shape index (κ3) is 5.57. The smallest absolute Gasteiger partial charge is 0.260 e. The number of nitrogens with one attached hydrogen (secondary N) is 1. The van der Waals surface area contributed by atoms with E-state index in [1.807, 2.05) is 60.7 Å². The predicted molar refractivity (Wildman–Crippen MR) is 131 cm³/mol. The van der Waals surface area contributed by atoms with Gasteiger partial charge in [-0.2, -0.15) is 0 Å². The van der Waals surface area contributed by atoms with Gasteiger partial charge in [-0.05, 0) is 37.1 Å². The zero-order valence-corrected chi connectivity index (χ0v) is 20.0. The molecule has 2 aromatic carbocycles. The second-order valence-electron chi connectivity index (χ2n) is 8.76. The molecule has 2 aliphatic rings. The minimum absolute atomic E-state index is 0.0127. The summed E-state index contributed by atoms with van der Waals surface area (Å²) in [5, 5.41) is 2.78. The van der Waals surface area contributed by atoms with E-state index in [-0.39, 0.29) is 30.9 Å². The van der Waals surface area contributed by atoms with Crippen molar-refractivity contribution in [2.45, 2.75) is 18.4 Å². The number of nitrogens with zero attached hydrogens (tertiary/aromatic N) is 3. The Bertz CT molecular complexity index is 1010. The van der Waals surface area contributed by atoms with E-state index in [1.165, 1.54) is 0 Å². The minimum Gasteiger partial charge on any atom is -0.484 e. The van der Waals surface area contributed by atoms with Gasteiger partial charge in [-0.1, -0.05) is 36.4 Å². The van der Waals surface area contributed by atoms with Gasteiger partial charge in [0.2, 0.25) is 5.91 Å². The van der Waals surface area contributed by atoms with E-state index in [2.05, 4.69) is 10.2 Å². The second kappa shape index (κ2) is 11.2. The highest BCUT2D eigenvalue weighted by Crippen LogP contribution is 2.39. The number of para-hydroxylation sites is 2. The van der Waals surface area contributed by atoms with Crippen molar-refractivity contribution >= 4 is 23.4 Å². The molecule has 2 fully saturated rings. The fourth-order valence-electron chi connectivity index (χ4n) is 4.72. The summed E-state index contributed by atoms with van der Waals surface area (Å²) >= 11 is 0. The topological polar surface area (TPSA) is 91.4 Å². The Kier molecular flexibility index (Phi) is 7.87. The van der Waals surface area contributed by atoms with Gasteiger partial charge in [0.1, 0.15) is 17.8 Å². The summed E-state index contributed by atoms with van der Waals surface area (Å²) in [6.07, 6.45) is 0.971. The number of ether oxygens (including phenoxy) is 2. The largest absolute Gasteiger partial charge is 0.484 e. The fourth-order valence-corrected chi connectivity index (χ4v) is 4.72. The molecule has 1 spiro atoms. The van der Waals surface area contributed by atoms with E-state index < -0.39 is 5.54 Å². The lowest BCUT2D eigenvalue weighted by Gasteiger charge is -2.43. The highest BCUT2D eigenvalue weighted by molar-refractivity contribution is 5.96. The first-order valence-electron chi connectivity index (χ1n) is 11.9. The van der Waals surface area contributed by atoms with Crippen molar-refractivity contribution < 1.29 is 23.9 Å². The average Bonchev–Trinajstić information content (AvgIpc) is 3.15. The molecule has 35 heavy (non-hydrogen) atoms. The number of carbonyl (C=O) groups is 3. The molecule has 4 rings (SSSR count). The minimum atomic E-state index is -0.786. The molecule has 9 heteroatoms. The van der Waals surface area contributed by atoms with Gasteiger partial charge in [0.25, 0.3) is 11.8 Å². The predicted octanol–water partition coefficient (Wildman–Crippen LogP) is 1.50. The molecular weight excluding hydrogens is 448 g/mol. The number of carbonyl (C=O) groups excluding carboxylic acids is 3. The molecule has 2 aromatic rings. The van der Waals surface area contributed by atoms with Crippen LogP contribution in [0.2, 0.25) is 0 Å². The molecule has 186 valence electrons. The number of hydrogen-bond acceptors (Lipinski definition) is 6. The molecule has 0 unspecified atom stereocenters. The number of rotatable bonds is 9. The normalized spacial score (nSPS) is 17.1. The molecule has 0 atom stereocenters. The summed E-state index contributed by atoms with van der Waals surface area (Å²) < 4.78 is 10.6. The van der Waals surface area contributed by atoms with E-state index in [1.54, 1.807) is 16.9 Å². The van der Waals surface area contributed by atoms with Crippen molar-refractivity contribution in [1.82, 2.24) is 15.1 Å². The second-order valence-corrected chi connectivity index (χ2v) is 8.76. The number of anilines is 1. The van der Waals surface area contributed by atoms with Crippen LogP contribution in [-0.2, 0) is 19.1 Å². The van der Waals surface area contributed by atoms with Crippen LogP contribution in [0.15, 0.2) is 60.7 Å². The van der Waals surface area contributed by atoms with Gasteiger partial charge < -0.3 is 29.5 Å². The van der Waals surface area contributed by atoms with E-state index in [0.717, 1.165) is 5.69 Å². The van der Waals surface area contributed by atoms with Gasteiger partial charge in [-0.25, -0.2) is 0 Å². The Labute approximate surface area is 205 Å². The van der Waals surface area contributed by atoms with Crippen molar-refractivity contribution in [3.8, 4) is 5.75 Å². The molecule has 3 amide bonds. The number of benzene rings is 2. The van der Waals surface area contributed by atoms with Crippen molar-refractivity contribution in [3.63, 3.8) is 0 Å². The van der Waals surface area contributed by atoms with E-state index in [0.29, 0.717) is 51.5 Å². The van der Waals surface area contributed by atoms with Crippen LogP contribution in [0, 0.1) is 0 Å². The van der Waals surface area contributed by atoms with Crippen LogP contribution in [0.4, 0.5) is 5.69 Å². The van der Waals surface area contributed by atoms with Gasteiger partial charge in [0, 0.05) is 32.4 Å². The monoisotopic (exact) mass is 480 g/mol. The molecule has 0 saturated carbocycles. The first-order valence-corrected chi connectivity index (χ1v) is 11.9. The van der Waals surface area contributed by atoms with Crippen LogP contribution in [0.1, 0.15) is 12.8 Å². The van der Waals surface area contributed by atoms with Crippen LogP contribution in [0.25, 0.3) is 0 Å². The Hall–Kier alpha value is -3.59. The van der Waals surface area contributed by atoms with Gasteiger partial charge in [-0.15, -0.1) is 0 Å². The maximum atomic E-state index is 13.7. The number of hydrogen-bond donors (Lipinski definition) is 1.